The van der Waals surface area contributed by atoms with Crippen LogP contribution in [0.25, 0.3) is 0 Å². The molecular formula is C20H27NO. The molecule has 0 radical (unpaired) electrons. The Morgan fingerprint density at radius 2 is 1.77 bits per heavy atom. The van der Waals surface area contributed by atoms with Crippen LogP contribution < -0.4 is 5.32 Å². The van der Waals surface area contributed by atoms with Gasteiger partial charge in [0.25, 0.3) is 0 Å². The smallest absolute Gasteiger partial charge is 0.141 e. The standard InChI is InChI=1S/C20H27NO/c22-20(15-13-17-8-2-1-3-9-17)14-7-6-12-19(20)21-16-18-10-4-5-11-18/h1-3,8-9,18-19,21-22H,4-7,10-12,14,16H2/t19-,20+/m0/s1. The molecule has 2 saturated carbocycles. The zero-order valence-corrected chi connectivity index (χ0v) is 13.4. The SMILES string of the molecule is O[C@@]1(C#Cc2ccccc2)CCCC[C@@H]1NCC1CCCC1. The van der Waals surface area contributed by atoms with Crippen LogP contribution in [0.2, 0.25) is 0 Å². The van der Waals surface area contributed by atoms with E-state index in [0.29, 0.717) is 0 Å². The van der Waals surface area contributed by atoms with Gasteiger partial charge in [0.1, 0.15) is 5.60 Å². The van der Waals surface area contributed by atoms with Crippen molar-refractivity contribution in [1.82, 2.24) is 5.32 Å². The molecule has 1 aromatic carbocycles. The summed E-state index contributed by atoms with van der Waals surface area (Å²) in [5, 5.41) is 14.7. The van der Waals surface area contributed by atoms with Crippen molar-refractivity contribution in [2.45, 2.75) is 63.0 Å². The van der Waals surface area contributed by atoms with Crippen molar-refractivity contribution in [2.75, 3.05) is 6.54 Å². The summed E-state index contributed by atoms with van der Waals surface area (Å²) in [5.41, 5.74) is 0.114. The number of nitrogens with one attached hydrogen (secondary N) is 1. The molecule has 2 nitrogen and oxygen atoms in total. The van der Waals surface area contributed by atoms with Gasteiger partial charge in [-0.15, -0.1) is 0 Å². The van der Waals surface area contributed by atoms with E-state index in [1.165, 1.54) is 32.1 Å². The van der Waals surface area contributed by atoms with Gasteiger partial charge in [-0.25, -0.2) is 0 Å². The van der Waals surface area contributed by atoms with Gasteiger partial charge in [0.15, 0.2) is 0 Å². The van der Waals surface area contributed by atoms with E-state index >= 15 is 0 Å². The number of aliphatic hydroxyl groups is 1. The van der Waals surface area contributed by atoms with E-state index in [1.807, 2.05) is 30.3 Å². The molecular weight excluding hydrogens is 270 g/mol. The summed E-state index contributed by atoms with van der Waals surface area (Å²) in [7, 11) is 0. The molecule has 2 fully saturated rings. The minimum Gasteiger partial charge on any atom is -0.376 e. The maximum Gasteiger partial charge on any atom is 0.141 e. The molecule has 0 aromatic heterocycles. The van der Waals surface area contributed by atoms with Crippen LogP contribution in [0.5, 0.6) is 0 Å². The summed E-state index contributed by atoms with van der Waals surface area (Å²) < 4.78 is 0. The number of hydrogen-bond donors (Lipinski definition) is 2. The molecule has 118 valence electrons. The summed E-state index contributed by atoms with van der Waals surface area (Å²) in [6, 6.07) is 10.1. The van der Waals surface area contributed by atoms with Crippen molar-refractivity contribution >= 4 is 0 Å². The molecule has 2 heteroatoms. The molecule has 0 heterocycles. The number of benzene rings is 1. The van der Waals surface area contributed by atoms with E-state index in [2.05, 4.69) is 17.2 Å². The lowest BCUT2D eigenvalue weighted by Gasteiger charge is -2.37. The fourth-order valence-electron chi connectivity index (χ4n) is 3.80. The Labute approximate surface area is 134 Å². The van der Waals surface area contributed by atoms with Gasteiger partial charge in [0, 0.05) is 11.6 Å². The maximum absolute atomic E-state index is 11.0. The molecule has 3 rings (SSSR count). The molecule has 2 aliphatic rings. The molecule has 0 saturated heterocycles. The van der Waals surface area contributed by atoms with Crippen molar-refractivity contribution in [3.63, 3.8) is 0 Å². The van der Waals surface area contributed by atoms with E-state index in [-0.39, 0.29) is 6.04 Å². The Morgan fingerprint density at radius 1 is 1.05 bits per heavy atom. The first-order valence-electron chi connectivity index (χ1n) is 8.80. The average molecular weight is 297 g/mol. The summed E-state index contributed by atoms with van der Waals surface area (Å²) in [6.45, 7) is 1.04. The van der Waals surface area contributed by atoms with Gasteiger partial charge in [-0.1, -0.05) is 49.3 Å². The molecule has 1 aromatic rings. The van der Waals surface area contributed by atoms with E-state index in [4.69, 9.17) is 0 Å². The Bertz CT molecular complexity index is 524. The van der Waals surface area contributed by atoms with Gasteiger partial charge in [-0.3, -0.25) is 0 Å². The fourth-order valence-corrected chi connectivity index (χ4v) is 3.80. The van der Waals surface area contributed by atoms with Crippen LogP contribution in [-0.2, 0) is 0 Å². The second kappa shape index (κ2) is 7.31. The molecule has 2 N–H and O–H groups in total. The molecule has 0 unspecified atom stereocenters. The van der Waals surface area contributed by atoms with Crippen LogP contribution >= 0.6 is 0 Å². The minimum absolute atomic E-state index is 0.123. The maximum atomic E-state index is 11.0. The first kappa shape index (κ1) is 15.6. The van der Waals surface area contributed by atoms with Gasteiger partial charge >= 0.3 is 0 Å². The lowest BCUT2D eigenvalue weighted by molar-refractivity contribution is 0.0247. The normalized spacial score (nSPS) is 29.0. The minimum atomic E-state index is -0.868. The van der Waals surface area contributed by atoms with Gasteiger partial charge in [-0.05, 0) is 56.7 Å². The third-order valence-electron chi connectivity index (χ3n) is 5.20. The molecule has 0 aliphatic heterocycles. The largest absolute Gasteiger partial charge is 0.376 e. The summed E-state index contributed by atoms with van der Waals surface area (Å²) in [6.07, 6.45) is 9.51. The van der Waals surface area contributed by atoms with Gasteiger partial charge in [0.05, 0.1) is 0 Å². The van der Waals surface area contributed by atoms with Crippen LogP contribution in [0.4, 0.5) is 0 Å². The molecule has 0 spiro atoms. The van der Waals surface area contributed by atoms with E-state index in [0.717, 1.165) is 37.3 Å². The highest BCUT2D eigenvalue weighted by atomic mass is 16.3. The first-order chi connectivity index (χ1) is 10.8. The predicted octanol–water partition coefficient (Wildman–Crippen LogP) is 3.49. The Hall–Kier alpha value is -1.30. The summed E-state index contributed by atoms with van der Waals surface area (Å²) in [5.74, 6) is 7.15. The van der Waals surface area contributed by atoms with Crippen molar-refractivity contribution in [1.29, 1.82) is 0 Å². The zero-order chi connectivity index (χ0) is 15.3. The van der Waals surface area contributed by atoms with Crippen molar-refractivity contribution in [3.05, 3.63) is 35.9 Å². The van der Waals surface area contributed by atoms with E-state index in [1.54, 1.807) is 0 Å². The quantitative estimate of drug-likeness (QED) is 0.837. The van der Waals surface area contributed by atoms with Crippen LogP contribution in [0, 0.1) is 17.8 Å². The summed E-state index contributed by atoms with van der Waals surface area (Å²) in [4.78, 5) is 0. The monoisotopic (exact) mass is 297 g/mol. The van der Waals surface area contributed by atoms with E-state index in [9.17, 15) is 5.11 Å². The molecule has 2 atom stereocenters. The lowest BCUT2D eigenvalue weighted by atomic mass is 9.80. The highest BCUT2D eigenvalue weighted by Crippen LogP contribution is 2.30. The number of rotatable bonds is 3. The average Bonchev–Trinajstić information content (AvgIpc) is 3.07. The second-order valence-corrected chi connectivity index (χ2v) is 6.90. The summed E-state index contributed by atoms with van der Waals surface area (Å²) >= 11 is 0. The molecule has 0 bridgehead atoms. The fraction of sp³-hybridized carbons (Fsp3) is 0.600. The van der Waals surface area contributed by atoms with Gasteiger partial charge in [0.2, 0.25) is 0 Å². The predicted molar refractivity (Wildman–Crippen MR) is 90.5 cm³/mol. The molecule has 2 aliphatic carbocycles. The Kier molecular flexibility index (Phi) is 5.18. The Balaban J connectivity index is 1.66. The van der Waals surface area contributed by atoms with Gasteiger partial charge < -0.3 is 10.4 Å². The Morgan fingerprint density at radius 3 is 2.55 bits per heavy atom. The van der Waals surface area contributed by atoms with E-state index < -0.39 is 5.60 Å². The van der Waals surface area contributed by atoms with Crippen molar-refractivity contribution in [3.8, 4) is 11.8 Å². The highest BCUT2D eigenvalue weighted by molar-refractivity contribution is 5.36. The number of hydrogen-bond acceptors (Lipinski definition) is 2. The van der Waals surface area contributed by atoms with Crippen LogP contribution in [0.1, 0.15) is 56.9 Å². The van der Waals surface area contributed by atoms with Crippen LogP contribution in [0.15, 0.2) is 30.3 Å². The lowest BCUT2D eigenvalue weighted by Crippen LogP contribution is -2.53. The third kappa shape index (κ3) is 3.91. The van der Waals surface area contributed by atoms with Gasteiger partial charge in [-0.2, -0.15) is 0 Å². The van der Waals surface area contributed by atoms with Crippen LogP contribution in [0.3, 0.4) is 0 Å². The first-order valence-corrected chi connectivity index (χ1v) is 8.80. The molecule has 22 heavy (non-hydrogen) atoms. The van der Waals surface area contributed by atoms with Crippen molar-refractivity contribution in [2.24, 2.45) is 5.92 Å². The van der Waals surface area contributed by atoms with Crippen molar-refractivity contribution < 1.29 is 5.11 Å². The molecule has 0 amide bonds. The van der Waals surface area contributed by atoms with Crippen LogP contribution in [-0.4, -0.2) is 23.3 Å². The topological polar surface area (TPSA) is 32.3 Å². The highest BCUT2D eigenvalue weighted by Gasteiger charge is 2.37. The zero-order valence-electron chi connectivity index (χ0n) is 13.4. The second-order valence-electron chi connectivity index (χ2n) is 6.90. The third-order valence-corrected chi connectivity index (χ3v) is 5.20.